The van der Waals surface area contributed by atoms with E-state index < -0.39 is 64.7 Å². The van der Waals surface area contributed by atoms with Crippen LogP contribution in [0.4, 0.5) is 0 Å². The van der Waals surface area contributed by atoms with Gasteiger partial charge in [0.2, 0.25) is 5.91 Å². The molecule has 1 heterocycles. The lowest BCUT2D eigenvalue weighted by atomic mass is 9.52. The van der Waals surface area contributed by atoms with Gasteiger partial charge in [0.15, 0.2) is 23.0 Å². The van der Waals surface area contributed by atoms with E-state index in [1.807, 2.05) is 36.4 Å². The fourth-order valence-electron chi connectivity index (χ4n) is 7.48. The number of phenols is 1. The number of phenolic OH excluding ortho intramolecular Hbond substituents is 1. The van der Waals surface area contributed by atoms with E-state index >= 15 is 0 Å². The number of allylic oxidation sites excluding steroid dienone is 4. The van der Waals surface area contributed by atoms with Crippen molar-refractivity contribution in [3.63, 3.8) is 0 Å². The molecule has 212 valence electrons. The molecule has 4 aliphatic rings. The minimum Gasteiger partial charge on any atom is -0.507 e. The third-order valence-electron chi connectivity index (χ3n) is 9.36. The Balaban J connectivity index is 1.43. The SMILES string of the molecule is CN(C)[C@H]1C(O)C(C(N)=O)C(=O)[C@]2(O)C(=O)C3C(=O)c4c(O)ccc(-c5ccc(C6C=CC=C6)nc5)c4C[C@@H]3C[C@H]12. The van der Waals surface area contributed by atoms with Gasteiger partial charge in [-0.2, -0.15) is 0 Å². The zero-order chi connectivity index (χ0) is 29.4. The minimum atomic E-state index is -2.68. The number of ketones is 3. The number of aliphatic hydroxyl groups is 2. The summed E-state index contributed by atoms with van der Waals surface area (Å²) in [5, 5.41) is 33.5. The Kier molecular flexibility index (Phi) is 6.33. The third-order valence-corrected chi connectivity index (χ3v) is 9.36. The molecule has 5 N–H and O–H groups in total. The number of aromatic nitrogens is 1. The Labute approximate surface area is 236 Å². The van der Waals surface area contributed by atoms with Gasteiger partial charge in [-0.15, -0.1) is 0 Å². The molecule has 0 saturated heterocycles. The maximum atomic E-state index is 14.0. The second-order valence-electron chi connectivity index (χ2n) is 11.7. The normalized spacial score (nSPS) is 32.7. The van der Waals surface area contributed by atoms with E-state index in [2.05, 4.69) is 4.98 Å². The lowest BCUT2D eigenvalue weighted by Gasteiger charge is -2.54. The van der Waals surface area contributed by atoms with Crippen LogP contribution in [0.5, 0.6) is 5.75 Å². The predicted octanol–water partition coefficient (Wildman–Crippen LogP) is 0.930. The highest BCUT2D eigenvalue weighted by atomic mass is 16.3. The highest BCUT2D eigenvalue weighted by Gasteiger charge is 2.69. The number of rotatable bonds is 4. The van der Waals surface area contributed by atoms with Crippen LogP contribution < -0.4 is 5.73 Å². The zero-order valence-corrected chi connectivity index (χ0v) is 22.6. The number of aliphatic hydroxyl groups excluding tert-OH is 1. The molecule has 10 heteroatoms. The molecule has 1 aromatic heterocycles. The first-order valence-corrected chi connectivity index (χ1v) is 13.6. The fourth-order valence-corrected chi connectivity index (χ4v) is 7.48. The molecule has 7 atom stereocenters. The molecule has 1 aromatic carbocycles. The topological polar surface area (TPSA) is 171 Å². The molecule has 0 aliphatic heterocycles. The van der Waals surface area contributed by atoms with Gasteiger partial charge in [0, 0.05) is 29.6 Å². The first-order chi connectivity index (χ1) is 19.5. The van der Waals surface area contributed by atoms with Crippen LogP contribution in [-0.2, 0) is 20.8 Å². The van der Waals surface area contributed by atoms with Crippen LogP contribution in [0.25, 0.3) is 11.1 Å². The van der Waals surface area contributed by atoms with Gasteiger partial charge < -0.3 is 26.0 Å². The Morgan fingerprint density at radius 1 is 1.07 bits per heavy atom. The lowest BCUT2D eigenvalue weighted by molar-refractivity contribution is -0.190. The Morgan fingerprint density at radius 3 is 2.39 bits per heavy atom. The number of benzene rings is 1. The number of amides is 1. The average Bonchev–Trinajstić information content (AvgIpc) is 3.46. The molecule has 41 heavy (non-hydrogen) atoms. The Morgan fingerprint density at radius 2 is 1.78 bits per heavy atom. The molecule has 0 bridgehead atoms. The highest BCUT2D eigenvalue weighted by Crippen LogP contribution is 2.52. The monoisotopic (exact) mass is 557 g/mol. The first-order valence-electron chi connectivity index (χ1n) is 13.6. The molecule has 10 nitrogen and oxygen atoms in total. The van der Waals surface area contributed by atoms with Gasteiger partial charge in [0.1, 0.15) is 11.7 Å². The number of fused-ring (bicyclic) bond motifs is 3. The quantitative estimate of drug-likeness (QED) is 0.399. The van der Waals surface area contributed by atoms with Gasteiger partial charge >= 0.3 is 0 Å². The molecule has 2 aromatic rings. The summed E-state index contributed by atoms with van der Waals surface area (Å²) in [5.41, 5.74) is 5.56. The summed E-state index contributed by atoms with van der Waals surface area (Å²) in [4.78, 5) is 59.7. The molecular formula is C31H31N3O7. The number of hydrogen-bond acceptors (Lipinski definition) is 9. The number of aromatic hydroxyl groups is 1. The maximum Gasteiger partial charge on any atom is 0.230 e. The van der Waals surface area contributed by atoms with Crippen molar-refractivity contribution in [2.45, 2.75) is 36.5 Å². The summed E-state index contributed by atoms with van der Waals surface area (Å²) in [7, 11) is 3.23. The molecule has 2 fully saturated rings. The van der Waals surface area contributed by atoms with Gasteiger partial charge in [-0.05, 0) is 56.1 Å². The van der Waals surface area contributed by atoms with E-state index in [0.717, 1.165) is 11.3 Å². The number of carbonyl (C=O) groups excluding carboxylic acids is 4. The van der Waals surface area contributed by atoms with Gasteiger partial charge in [0.05, 0.1) is 23.3 Å². The van der Waals surface area contributed by atoms with Crippen molar-refractivity contribution in [3.8, 4) is 16.9 Å². The van der Waals surface area contributed by atoms with E-state index in [0.29, 0.717) is 11.1 Å². The van der Waals surface area contributed by atoms with Crippen molar-refractivity contribution in [1.82, 2.24) is 9.88 Å². The number of likely N-dealkylation sites (N-methyl/N-ethyl adjacent to an activating group) is 1. The summed E-state index contributed by atoms with van der Waals surface area (Å²) in [5.74, 6) is -9.15. The second-order valence-corrected chi connectivity index (χ2v) is 11.7. The third kappa shape index (κ3) is 3.85. The van der Waals surface area contributed by atoms with Crippen molar-refractivity contribution in [3.05, 3.63) is 71.6 Å². The molecule has 0 radical (unpaired) electrons. The second kappa shape index (κ2) is 9.54. The lowest BCUT2D eigenvalue weighted by Crippen LogP contribution is -2.75. The van der Waals surface area contributed by atoms with Crippen molar-refractivity contribution in [2.24, 2.45) is 29.4 Å². The van der Waals surface area contributed by atoms with Gasteiger partial charge in [0.25, 0.3) is 0 Å². The largest absolute Gasteiger partial charge is 0.507 e. The summed E-state index contributed by atoms with van der Waals surface area (Å²) in [6.07, 6.45) is 8.43. The Hall–Kier alpha value is -3.99. The van der Waals surface area contributed by atoms with Crippen LogP contribution in [0.15, 0.2) is 54.8 Å². The van der Waals surface area contributed by atoms with Gasteiger partial charge in [-0.25, -0.2) is 0 Å². The van der Waals surface area contributed by atoms with Crippen LogP contribution in [0, 0.1) is 23.7 Å². The van der Waals surface area contributed by atoms with E-state index in [9.17, 15) is 34.5 Å². The summed E-state index contributed by atoms with van der Waals surface area (Å²) in [6, 6.07) is 5.96. The molecule has 2 saturated carbocycles. The van der Waals surface area contributed by atoms with E-state index in [4.69, 9.17) is 5.73 Å². The molecule has 4 aliphatic carbocycles. The number of primary amides is 1. The number of nitrogens with two attached hydrogens (primary N) is 1. The van der Waals surface area contributed by atoms with Crippen LogP contribution in [0.3, 0.4) is 0 Å². The smallest absolute Gasteiger partial charge is 0.230 e. The van der Waals surface area contributed by atoms with Gasteiger partial charge in [-0.3, -0.25) is 24.2 Å². The summed E-state index contributed by atoms with van der Waals surface area (Å²) >= 11 is 0. The molecular weight excluding hydrogens is 526 g/mol. The number of nitrogens with zero attached hydrogens (tertiary/aromatic N) is 2. The zero-order valence-electron chi connectivity index (χ0n) is 22.6. The molecule has 3 unspecified atom stereocenters. The maximum absolute atomic E-state index is 14.0. The molecule has 1 amide bonds. The van der Waals surface area contributed by atoms with Gasteiger partial charge in [-0.1, -0.05) is 36.4 Å². The summed E-state index contributed by atoms with van der Waals surface area (Å²) < 4.78 is 0. The molecule has 0 spiro atoms. The number of carbonyl (C=O) groups is 4. The van der Waals surface area contributed by atoms with Crippen LogP contribution in [-0.4, -0.2) is 80.3 Å². The Bertz CT molecular complexity index is 1530. The van der Waals surface area contributed by atoms with Crippen LogP contribution in [0.2, 0.25) is 0 Å². The highest BCUT2D eigenvalue weighted by molar-refractivity contribution is 6.25. The van der Waals surface area contributed by atoms with Crippen molar-refractivity contribution in [1.29, 1.82) is 0 Å². The standard InChI is InChI=1S/C31H31N3O7/c1-34(2)25-19-12-16-11-18-17(15-7-9-20(33-13-15)14-5-3-4-6-14)8-10-21(35)23(18)26(36)22(16)28(38)31(19,41)29(39)24(27(25)37)30(32)40/h3-10,13-14,16,19,22,24-25,27,35,37,41H,11-12H2,1-2H3,(H2,32,40)/t16-,19-,22?,24?,25-,27?,31-/m1/s1. The fraction of sp³-hybridized carbons (Fsp3) is 0.387. The van der Waals surface area contributed by atoms with Crippen LogP contribution in [0.1, 0.15) is 34.0 Å². The summed E-state index contributed by atoms with van der Waals surface area (Å²) in [6.45, 7) is 0. The predicted molar refractivity (Wildman–Crippen MR) is 147 cm³/mol. The number of pyridine rings is 1. The van der Waals surface area contributed by atoms with Crippen molar-refractivity contribution in [2.75, 3.05) is 14.1 Å². The number of Topliss-reactive ketones (excluding diaryl/α,β-unsaturated/α-hetero) is 3. The van der Waals surface area contributed by atoms with E-state index in [-0.39, 0.29) is 30.1 Å². The molecule has 6 rings (SSSR count). The van der Waals surface area contributed by atoms with E-state index in [1.54, 1.807) is 31.3 Å². The van der Waals surface area contributed by atoms with Crippen molar-refractivity contribution < 1.29 is 34.5 Å². The number of hydrogen-bond donors (Lipinski definition) is 4. The van der Waals surface area contributed by atoms with E-state index in [1.165, 1.54) is 6.07 Å². The van der Waals surface area contributed by atoms with Crippen molar-refractivity contribution >= 4 is 23.3 Å². The minimum absolute atomic E-state index is 0.0243. The first kappa shape index (κ1) is 27.2. The van der Waals surface area contributed by atoms with Crippen LogP contribution >= 0.6 is 0 Å². The average molecular weight is 558 g/mol.